The van der Waals surface area contributed by atoms with Crippen molar-refractivity contribution in [3.05, 3.63) is 0 Å². The van der Waals surface area contributed by atoms with Crippen LogP contribution in [0.4, 0.5) is 0 Å². The standard InChI is InChI=1S/C8H14NO3/c1-3-4-5-7(9-6-10)8(11)12-2/h7H,3-5H2,1-2H3,(H,9,10). The van der Waals surface area contributed by atoms with E-state index in [4.69, 9.17) is 0 Å². The van der Waals surface area contributed by atoms with Gasteiger partial charge in [0.25, 0.3) is 0 Å². The molecule has 0 aromatic rings. The highest BCUT2D eigenvalue weighted by Crippen LogP contribution is 2.01. The van der Waals surface area contributed by atoms with Crippen molar-refractivity contribution in [1.29, 1.82) is 0 Å². The van der Waals surface area contributed by atoms with Crippen LogP contribution in [0.1, 0.15) is 26.2 Å². The largest absolute Gasteiger partial charge is 0.467 e. The number of hydrogen-bond donors (Lipinski definition) is 1. The molecule has 4 heteroatoms. The predicted molar refractivity (Wildman–Crippen MR) is 44.2 cm³/mol. The Hall–Kier alpha value is -1.06. The SMILES string of the molecule is CCCCC(N[C]=O)C(=O)OC. The van der Waals surface area contributed by atoms with Gasteiger partial charge < -0.3 is 10.1 Å². The number of amides is 1. The topological polar surface area (TPSA) is 55.4 Å². The summed E-state index contributed by atoms with van der Waals surface area (Å²) in [7, 11) is 1.30. The van der Waals surface area contributed by atoms with Crippen molar-refractivity contribution < 1.29 is 14.3 Å². The molecule has 0 saturated heterocycles. The van der Waals surface area contributed by atoms with Crippen LogP contribution in [0.2, 0.25) is 0 Å². The highest BCUT2D eigenvalue weighted by Gasteiger charge is 2.16. The van der Waals surface area contributed by atoms with E-state index in [0.717, 1.165) is 12.8 Å². The van der Waals surface area contributed by atoms with E-state index >= 15 is 0 Å². The van der Waals surface area contributed by atoms with Gasteiger partial charge in [0, 0.05) is 0 Å². The Kier molecular flexibility index (Phi) is 6.05. The van der Waals surface area contributed by atoms with Gasteiger partial charge >= 0.3 is 12.4 Å². The summed E-state index contributed by atoms with van der Waals surface area (Å²) in [6, 6.07) is -0.535. The summed E-state index contributed by atoms with van der Waals surface area (Å²) in [6.45, 7) is 2.01. The molecule has 0 spiro atoms. The van der Waals surface area contributed by atoms with Crippen LogP contribution in [-0.4, -0.2) is 25.5 Å². The van der Waals surface area contributed by atoms with Gasteiger partial charge in [-0.2, -0.15) is 0 Å². The fourth-order valence-electron chi connectivity index (χ4n) is 0.871. The number of ether oxygens (including phenoxy) is 1. The molecule has 0 heterocycles. The number of carbonyl (C=O) groups is 1. The molecule has 0 aromatic heterocycles. The molecule has 0 aliphatic carbocycles. The molecule has 1 amide bonds. The molecule has 0 aliphatic heterocycles. The number of carbonyl (C=O) groups excluding carboxylic acids is 2. The summed E-state index contributed by atoms with van der Waals surface area (Å²) in [5.74, 6) is -0.410. The van der Waals surface area contributed by atoms with Crippen LogP contribution >= 0.6 is 0 Å². The lowest BCUT2D eigenvalue weighted by Crippen LogP contribution is -2.36. The van der Waals surface area contributed by atoms with Gasteiger partial charge in [-0.1, -0.05) is 19.8 Å². The van der Waals surface area contributed by atoms with Crippen molar-refractivity contribution in [3.63, 3.8) is 0 Å². The normalized spacial score (nSPS) is 11.8. The zero-order chi connectivity index (χ0) is 9.40. The number of unbranched alkanes of at least 4 members (excludes halogenated alkanes) is 1. The van der Waals surface area contributed by atoms with Crippen molar-refractivity contribution in [2.24, 2.45) is 0 Å². The summed E-state index contributed by atoms with van der Waals surface area (Å²) in [4.78, 5) is 20.9. The van der Waals surface area contributed by atoms with Crippen molar-refractivity contribution in [2.45, 2.75) is 32.2 Å². The van der Waals surface area contributed by atoms with Crippen molar-refractivity contribution >= 4 is 12.4 Å². The third-order valence-corrected chi connectivity index (χ3v) is 1.57. The number of hydrogen-bond acceptors (Lipinski definition) is 3. The van der Waals surface area contributed by atoms with E-state index in [1.165, 1.54) is 13.5 Å². The number of methoxy groups -OCH3 is 1. The Morgan fingerprint density at radius 2 is 2.33 bits per heavy atom. The number of rotatable bonds is 6. The van der Waals surface area contributed by atoms with E-state index in [-0.39, 0.29) is 0 Å². The first-order valence-electron chi connectivity index (χ1n) is 3.96. The Morgan fingerprint density at radius 1 is 1.67 bits per heavy atom. The molecule has 1 unspecified atom stereocenters. The smallest absolute Gasteiger partial charge is 0.328 e. The second kappa shape index (κ2) is 6.64. The molecule has 12 heavy (non-hydrogen) atoms. The van der Waals surface area contributed by atoms with Crippen LogP contribution in [0.25, 0.3) is 0 Å². The van der Waals surface area contributed by atoms with Gasteiger partial charge in [-0.3, -0.25) is 4.79 Å². The van der Waals surface area contributed by atoms with Crippen LogP contribution < -0.4 is 5.32 Å². The van der Waals surface area contributed by atoms with Crippen LogP contribution in [0, 0.1) is 0 Å². The van der Waals surface area contributed by atoms with Gasteiger partial charge in [0.2, 0.25) is 0 Å². The fraction of sp³-hybridized carbons (Fsp3) is 0.750. The minimum atomic E-state index is -0.535. The number of esters is 1. The molecule has 4 nitrogen and oxygen atoms in total. The van der Waals surface area contributed by atoms with Crippen LogP contribution in [0.5, 0.6) is 0 Å². The zero-order valence-electron chi connectivity index (χ0n) is 7.42. The van der Waals surface area contributed by atoms with E-state index in [1.54, 1.807) is 0 Å². The maximum absolute atomic E-state index is 10.9. The van der Waals surface area contributed by atoms with Gasteiger partial charge in [0.15, 0.2) is 0 Å². The van der Waals surface area contributed by atoms with Gasteiger partial charge in [-0.25, -0.2) is 4.79 Å². The van der Waals surface area contributed by atoms with Crippen LogP contribution in [0.15, 0.2) is 0 Å². The van der Waals surface area contributed by atoms with Gasteiger partial charge in [0.05, 0.1) is 7.11 Å². The molecule has 0 rings (SSSR count). The molecular weight excluding hydrogens is 158 g/mol. The zero-order valence-corrected chi connectivity index (χ0v) is 7.42. The highest BCUT2D eigenvalue weighted by molar-refractivity contribution is 5.78. The fourth-order valence-corrected chi connectivity index (χ4v) is 0.871. The minimum Gasteiger partial charge on any atom is -0.467 e. The lowest BCUT2D eigenvalue weighted by Gasteiger charge is -2.11. The van der Waals surface area contributed by atoms with E-state index in [0.29, 0.717) is 6.42 Å². The Balaban J connectivity index is 3.84. The summed E-state index contributed by atoms with van der Waals surface area (Å²) < 4.78 is 4.48. The second-order valence-electron chi connectivity index (χ2n) is 2.46. The van der Waals surface area contributed by atoms with E-state index in [9.17, 15) is 9.59 Å². The number of nitrogens with one attached hydrogen (secondary N) is 1. The van der Waals surface area contributed by atoms with E-state index in [2.05, 4.69) is 10.1 Å². The highest BCUT2D eigenvalue weighted by atomic mass is 16.5. The quantitative estimate of drug-likeness (QED) is 0.465. The van der Waals surface area contributed by atoms with Crippen LogP contribution in [0.3, 0.4) is 0 Å². The molecular formula is C8H14NO3. The van der Waals surface area contributed by atoms with E-state index < -0.39 is 12.0 Å². The lowest BCUT2D eigenvalue weighted by molar-refractivity contribution is -0.142. The summed E-state index contributed by atoms with van der Waals surface area (Å²) in [5, 5.41) is 2.29. The molecule has 1 atom stereocenters. The van der Waals surface area contributed by atoms with Gasteiger partial charge in [-0.05, 0) is 6.42 Å². The van der Waals surface area contributed by atoms with Crippen molar-refractivity contribution in [3.8, 4) is 0 Å². The minimum absolute atomic E-state index is 0.410. The van der Waals surface area contributed by atoms with E-state index in [1.807, 2.05) is 6.92 Å². The molecule has 0 aliphatic rings. The van der Waals surface area contributed by atoms with Crippen LogP contribution in [-0.2, 0) is 14.3 Å². The maximum Gasteiger partial charge on any atom is 0.328 e. The molecule has 0 saturated carbocycles. The molecule has 69 valence electrons. The first-order valence-corrected chi connectivity index (χ1v) is 3.96. The molecule has 0 aromatic carbocycles. The Morgan fingerprint density at radius 3 is 2.75 bits per heavy atom. The van der Waals surface area contributed by atoms with Gasteiger partial charge in [-0.15, -0.1) is 0 Å². The molecule has 1 N–H and O–H groups in total. The first-order chi connectivity index (χ1) is 5.76. The third kappa shape index (κ3) is 3.95. The van der Waals surface area contributed by atoms with Crippen molar-refractivity contribution in [1.82, 2.24) is 5.32 Å². The average molecular weight is 172 g/mol. The monoisotopic (exact) mass is 172 g/mol. The summed E-state index contributed by atoms with van der Waals surface area (Å²) >= 11 is 0. The average Bonchev–Trinajstić information content (AvgIpc) is 2.11. The lowest BCUT2D eigenvalue weighted by atomic mass is 10.1. The Bertz CT molecular complexity index is 147. The van der Waals surface area contributed by atoms with Crippen molar-refractivity contribution in [2.75, 3.05) is 7.11 Å². The molecule has 0 fully saturated rings. The molecule has 1 radical (unpaired) electrons. The Labute approximate surface area is 72.3 Å². The first kappa shape index (κ1) is 10.9. The predicted octanol–water partition coefficient (Wildman–Crippen LogP) is 0.375. The third-order valence-electron chi connectivity index (χ3n) is 1.57. The summed E-state index contributed by atoms with van der Waals surface area (Å²) in [5.41, 5.74) is 0. The summed E-state index contributed by atoms with van der Waals surface area (Å²) in [6.07, 6.45) is 3.96. The maximum atomic E-state index is 10.9. The van der Waals surface area contributed by atoms with Gasteiger partial charge in [0.1, 0.15) is 6.04 Å². The second-order valence-corrected chi connectivity index (χ2v) is 2.46. The molecule has 0 bridgehead atoms.